The van der Waals surface area contributed by atoms with Gasteiger partial charge in [-0.05, 0) is 6.42 Å². The van der Waals surface area contributed by atoms with Crippen molar-refractivity contribution in [2.75, 3.05) is 6.61 Å². The topological polar surface area (TPSA) is 108 Å². The number of hydrogen-bond donors (Lipinski definition) is 4. The Bertz CT molecular complexity index is 569. The molecule has 4 atom stereocenters. The zero-order chi connectivity index (χ0) is 14.2. The van der Waals surface area contributed by atoms with Crippen molar-refractivity contribution < 1.29 is 20.1 Å². The van der Waals surface area contributed by atoms with Gasteiger partial charge in [0.2, 0.25) is 0 Å². The van der Waals surface area contributed by atoms with Crippen LogP contribution in [0.4, 0.5) is 0 Å². The van der Waals surface area contributed by atoms with Crippen molar-refractivity contribution in [2.45, 2.75) is 37.9 Å². The largest absolute Gasteiger partial charge is 0.394 e. The van der Waals surface area contributed by atoms with Crippen molar-refractivity contribution in [3.05, 3.63) is 26.9 Å². The predicted octanol–water partition coefficient (Wildman–Crippen LogP) is -0.920. The molecule has 2 heterocycles. The predicted molar refractivity (Wildman–Crippen MR) is 68.3 cm³/mol. The lowest BCUT2D eigenvalue weighted by molar-refractivity contribution is -0.0551. The molecule has 0 bridgehead atoms. The lowest BCUT2D eigenvalue weighted by Crippen LogP contribution is -2.36. The Morgan fingerprint density at radius 3 is 2.68 bits per heavy atom. The molecule has 0 unspecified atom stereocenters. The summed E-state index contributed by atoms with van der Waals surface area (Å²) in [5.74, 6) is 0. The van der Waals surface area contributed by atoms with Gasteiger partial charge < -0.3 is 20.1 Å². The second kappa shape index (κ2) is 5.51. The van der Waals surface area contributed by atoms with Crippen LogP contribution in [0.2, 0.25) is 0 Å². The van der Waals surface area contributed by atoms with Gasteiger partial charge in [0.25, 0.3) is 0 Å². The van der Waals surface area contributed by atoms with E-state index in [1.54, 1.807) is 0 Å². The number of aliphatic hydroxyl groups is 3. The molecule has 1 aliphatic rings. The summed E-state index contributed by atoms with van der Waals surface area (Å²) in [6.07, 6.45) is -2.37. The minimum atomic E-state index is -1.29. The molecular weight excluding hydrogens is 272 g/mol. The number of ether oxygens (including phenoxy) is 1. The highest BCUT2D eigenvalue weighted by molar-refractivity contribution is 7.71. The van der Waals surface area contributed by atoms with Gasteiger partial charge in [-0.25, -0.2) is 4.79 Å². The first-order valence-electron chi connectivity index (χ1n) is 5.96. The van der Waals surface area contributed by atoms with E-state index in [9.17, 15) is 15.0 Å². The molecule has 0 radical (unpaired) electrons. The van der Waals surface area contributed by atoms with Crippen LogP contribution in [0.1, 0.15) is 18.7 Å². The Hall–Kier alpha value is -1.06. The zero-order valence-corrected chi connectivity index (χ0v) is 11.1. The Kier molecular flexibility index (Phi) is 4.16. The molecule has 1 fully saturated rings. The summed E-state index contributed by atoms with van der Waals surface area (Å²) in [6, 6.07) is 0. The number of nitrogens with zero attached hydrogens (tertiary/aromatic N) is 1. The van der Waals surface area contributed by atoms with Gasteiger partial charge in [0.15, 0.2) is 6.23 Å². The van der Waals surface area contributed by atoms with Crippen LogP contribution in [0.25, 0.3) is 0 Å². The van der Waals surface area contributed by atoms with Gasteiger partial charge in [0, 0.05) is 11.8 Å². The molecule has 1 aromatic heterocycles. The zero-order valence-electron chi connectivity index (χ0n) is 10.3. The molecule has 106 valence electrons. The molecule has 7 nitrogen and oxygen atoms in total. The van der Waals surface area contributed by atoms with Gasteiger partial charge >= 0.3 is 5.69 Å². The average Bonchev–Trinajstić information content (AvgIpc) is 2.67. The van der Waals surface area contributed by atoms with Crippen LogP contribution >= 0.6 is 12.2 Å². The van der Waals surface area contributed by atoms with Crippen LogP contribution in [-0.2, 0) is 11.2 Å². The molecular formula is C11H16N2O5S. The number of hydrogen-bond acceptors (Lipinski definition) is 6. The van der Waals surface area contributed by atoms with E-state index in [2.05, 4.69) is 4.98 Å². The van der Waals surface area contributed by atoms with E-state index in [0.717, 1.165) is 10.1 Å². The lowest BCUT2D eigenvalue weighted by Gasteiger charge is -2.18. The number of rotatable bonds is 3. The normalized spacial score (nSPS) is 30.7. The molecule has 0 spiro atoms. The standard InChI is InChI=1S/C11H16N2O5S/c1-2-5-3-13(11(17)12-9(5)19)10-8(16)7(15)6(4-14)18-10/h3,6-8,10,14-16H,2,4H2,1H3,(H,12,17,19)/t6-,7-,8-,10-/m1/s1. The summed E-state index contributed by atoms with van der Waals surface area (Å²) in [5, 5.41) is 28.6. The first kappa shape index (κ1) is 14.4. The monoisotopic (exact) mass is 288 g/mol. The van der Waals surface area contributed by atoms with Crippen molar-refractivity contribution in [2.24, 2.45) is 0 Å². The van der Waals surface area contributed by atoms with Crippen molar-refractivity contribution in [3.63, 3.8) is 0 Å². The Labute approximate surface area is 114 Å². The molecule has 19 heavy (non-hydrogen) atoms. The Balaban J connectivity index is 2.43. The molecule has 8 heteroatoms. The maximum Gasteiger partial charge on any atom is 0.328 e. The third kappa shape index (κ3) is 2.49. The fourth-order valence-corrected chi connectivity index (χ4v) is 2.36. The number of aromatic nitrogens is 2. The molecule has 1 aliphatic heterocycles. The van der Waals surface area contributed by atoms with Gasteiger partial charge in [0.1, 0.15) is 23.0 Å². The van der Waals surface area contributed by atoms with E-state index < -0.39 is 36.8 Å². The summed E-state index contributed by atoms with van der Waals surface area (Å²) in [6.45, 7) is 1.44. The minimum Gasteiger partial charge on any atom is -0.394 e. The van der Waals surface area contributed by atoms with Crippen molar-refractivity contribution in [1.82, 2.24) is 9.55 Å². The average molecular weight is 288 g/mol. The summed E-state index contributed by atoms with van der Waals surface area (Å²) in [4.78, 5) is 14.3. The fourth-order valence-electron chi connectivity index (χ4n) is 2.08. The summed E-state index contributed by atoms with van der Waals surface area (Å²) < 4.78 is 6.79. The van der Waals surface area contributed by atoms with Crippen molar-refractivity contribution >= 4 is 12.2 Å². The Morgan fingerprint density at radius 2 is 2.16 bits per heavy atom. The van der Waals surface area contributed by atoms with Crippen molar-refractivity contribution in [1.29, 1.82) is 0 Å². The van der Waals surface area contributed by atoms with E-state index in [1.807, 2.05) is 6.92 Å². The second-order valence-electron chi connectivity index (χ2n) is 4.40. The molecule has 4 N–H and O–H groups in total. The first-order chi connectivity index (χ1) is 8.99. The number of aliphatic hydroxyl groups excluding tert-OH is 3. The number of aryl methyl sites for hydroxylation is 1. The van der Waals surface area contributed by atoms with Crippen LogP contribution in [0, 0.1) is 4.64 Å². The van der Waals surface area contributed by atoms with Crippen molar-refractivity contribution in [3.8, 4) is 0 Å². The van der Waals surface area contributed by atoms with Gasteiger partial charge in [-0.3, -0.25) is 9.55 Å². The van der Waals surface area contributed by atoms with Crippen LogP contribution in [0.15, 0.2) is 11.0 Å². The van der Waals surface area contributed by atoms with Gasteiger partial charge in [-0.1, -0.05) is 19.1 Å². The maximum absolute atomic E-state index is 11.8. The smallest absolute Gasteiger partial charge is 0.328 e. The van der Waals surface area contributed by atoms with E-state index in [-0.39, 0.29) is 0 Å². The Morgan fingerprint density at radius 1 is 1.47 bits per heavy atom. The van der Waals surface area contributed by atoms with E-state index >= 15 is 0 Å². The number of aromatic amines is 1. The van der Waals surface area contributed by atoms with Gasteiger partial charge in [0.05, 0.1) is 6.61 Å². The van der Waals surface area contributed by atoms with E-state index in [1.165, 1.54) is 6.20 Å². The lowest BCUT2D eigenvalue weighted by atomic mass is 10.1. The molecule has 0 amide bonds. The first-order valence-corrected chi connectivity index (χ1v) is 6.37. The van der Waals surface area contributed by atoms with Gasteiger partial charge in [-0.2, -0.15) is 0 Å². The quantitative estimate of drug-likeness (QED) is 0.536. The van der Waals surface area contributed by atoms with E-state index in [4.69, 9.17) is 22.1 Å². The van der Waals surface area contributed by atoms with Gasteiger partial charge in [-0.15, -0.1) is 0 Å². The third-order valence-electron chi connectivity index (χ3n) is 3.21. The molecule has 0 aromatic carbocycles. The molecule has 0 aliphatic carbocycles. The van der Waals surface area contributed by atoms with Crippen LogP contribution < -0.4 is 5.69 Å². The molecule has 1 saturated heterocycles. The van der Waals surface area contributed by atoms with E-state index in [0.29, 0.717) is 11.1 Å². The van der Waals surface area contributed by atoms with Crippen LogP contribution in [0.5, 0.6) is 0 Å². The van der Waals surface area contributed by atoms with Crippen LogP contribution in [-0.4, -0.2) is 49.8 Å². The number of H-pyrrole nitrogens is 1. The molecule has 0 saturated carbocycles. The molecule has 2 rings (SSSR count). The highest BCUT2D eigenvalue weighted by atomic mass is 32.1. The van der Waals surface area contributed by atoms with Crippen LogP contribution in [0.3, 0.4) is 0 Å². The second-order valence-corrected chi connectivity index (χ2v) is 4.81. The highest BCUT2D eigenvalue weighted by Crippen LogP contribution is 2.28. The third-order valence-corrected chi connectivity index (χ3v) is 3.58. The summed E-state index contributed by atoms with van der Waals surface area (Å²) in [7, 11) is 0. The fraction of sp³-hybridized carbons (Fsp3) is 0.636. The molecule has 1 aromatic rings. The summed E-state index contributed by atoms with van der Waals surface area (Å²) in [5.41, 5.74) is 0.198. The minimum absolute atomic E-state index is 0.343. The summed E-state index contributed by atoms with van der Waals surface area (Å²) >= 11 is 5.01. The number of nitrogens with one attached hydrogen (secondary N) is 1. The maximum atomic E-state index is 11.8. The highest BCUT2D eigenvalue weighted by Gasteiger charge is 2.43. The SMILES string of the molecule is CCc1cn([C@@H]2O[C@H](CO)[C@@H](O)[C@H]2O)c(=O)[nH]c1=S.